The van der Waals surface area contributed by atoms with Crippen molar-refractivity contribution < 1.29 is 13.9 Å². The molecule has 4 aromatic rings. The van der Waals surface area contributed by atoms with E-state index >= 15 is 0 Å². The van der Waals surface area contributed by atoms with E-state index in [9.17, 15) is 13.9 Å². The molecular weight excluding hydrogens is 476 g/mol. The van der Waals surface area contributed by atoms with Gasteiger partial charge in [-0.05, 0) is 32.9 Å². The van der Waals surface area contributed by atoms with E-state index in [0.29, 0.717) is 55.7 Å². The number of piperazine rings is 1. The highest BCUT2D eigenvalue weighted by Gasteiger charge is 2.24. The van der Waals surface area contributed by atoms with Gasteiger partial charge in [-0.15, -0.1) is 0 Å². The molecule has 0 unspecified atom stereocenters. The van der Waals surface area contributed by atoms with Gasteiger partial charge in [0.05, 0.1) is 23.5 Å². The molecule has 0 bridgehead atoms. The Kier molecular flexibility index (Phi) is 6.87. The molecule has 0 spiro atoms. The van der Waals surface area contributed by atoms with Gasteiger partial charge in [0.2, 0.25) is 0 Å². The maximum Gasteiger partial charge on any atom is 0.156 e. The van der Waals surface area contributed by atoms with Crippen molar-refractivity contribution in [2.45, 2.75) is 45.9 Å². The first-order valence-corrected chi connectivity index (χ1v) is 12.5. The molecule has 1 N–H and O–H groups in total. The van der Waals surface area contributed by atoms with Gasteiger partial charge in [-0.3, -0.25) is 14.6 Å². The first kappa shape index (κ1) is 25.2. The van der Waals surface area contributed by atoms with E-state index in [1.807, 2.05) is 23.9 Å². The van der Waals surface area contributed by atoms with Crippen molar-refractivity contribution in [3.63, 3.8) is 0 Å². The number of aryl methyl sites for hydroxylation is 1. The molecule has 5 rings (SSSR count). The average Bonchev–Trinajstić information content (AvgIpc) is 3.34. The fraction of sp³-hybridized carbons (Fsp3) is 0.407. The second-order valence-corrected chi connectivity index (χ2v) is 10.1. The van der Waals surface area contributed by atoms with Crippen LogP contribution in [-0.4, -0.2) is 66.5 Å². The van der Waals surface area contributed by atoms with Gasteiger partial charge in [0.1, 0.15) is 22.8 Å². The summed E-state index contributed by atoms with van der Waals surface area (Å²) in [6, 6.07) is 5.62. The lowest BCUT2D eigenvalue weighted by atomic mass is 10.0. The molecule has 4 heterocycles. The molecule has 0 atom stereocenters. The number of hydrogen-bond donors (Lipinski definition) is 1. The topological polar surface area (TPSA) is 83.2 Å². The van der Waals surface area contributed by atoms with Gasteiger partial charge in [0, 0.05) is 74.8 Å². The molecule has 3 aromatic heterocycles. The molecular formula is C27H31F2N7O. The highest BCUT2D eigenvalue weighted by molar-refractivity contribution is 5.83. The van der Waals surface area contributed by atoms with Gasteiger partial charge in [-0.25, -0.2) is 18.7 Å². The first-order valence-electron chi connectivity index (χ1n) is 12.5. The number of benzene rings is 1. The SMILES string of the molecule is CCn1cc(-c2nc3cc(CC(C)(C)O)ncc3nc2N2CCN(Cc3ccc(F)cc3F)CC2)cn1. The van der Waals surface area contributed by atoms with Gasteiger partial charge < -0.3 is 10.0 Å². The van der Waals surface area contributed by atoms with Crippen LogP contribution in [0.4, 0.5) is 14.6 Å². The van der Waals surface area contributed by atoms with Crippen molar-refractivity contribution in [2.75, 3.05) is 31.1 Å². The van der Waals surface area contributed by atoms with Crippen LogP contribution in [0.1, 0.15) is 32.0 Å². The van der Waals surface area contributed by atoms with E-state index < -0.39 is 17.2 Å². The Bertz CT molecular complexity index is 1410. The smallest absolute Gasteiger partial charge is 0.156 e. The number of nitrogens with zero attached hydrogens (tertiary/aromatic N) is 7. The van der Waals surface area contributed by atoms with E-state index in [1.165, 1.54) is 12.1 Å². The third kappa shape index (κ3) is 5.75. The fourth-order valence-corrected chi connectivity index (χ4v) is 4.61. The Labute approximate surface area is 214 Å². The normalized spacial score (nSPS) is 15.0. The summed E-state index contributed by atoms with van der Waals surface area (Å²) in [7, 11) is 0. The minimum absolute atomic E-state index is 0.409. The van der Waals surface area contributed by atoms with Crippen molar-refractivity contribution in [1.29, 1.82) is 0 Å². The Hall–Kier alpha value is -3.50. The lowest BCUT2D eigenvalue weighted by Crippen LogP contribution is -2.46. The van der Waals surface area contributed by atoms with Crippen molar-refractivity contribution >= 4 is 16.9 Å². The number of aromatic nitrogens is 5. The summed E-state index contributed by atoms with van der Waals surface area (Å²) in [5, 5.41) is 14.7. The molecule has 37 heavy (non-hydrogen) atoms. The van der Waals surface area contributed by atoms with E-state index in [2.05, 4.69) is 19.9 Å². The highest BCUT2D eigenvalue weighted by atomic mass is 19.1. The summed E-state index contributed by atoms with van der Waals surface area (Å²) in [5.74, 6) is -0.330. The summed E-state index contributed by atoms with van der Waals surface area (Å²) in [5.41, 5.74) is 3.36. The van der Waals surface area contributed by atoms with Crippen LogP contribution in [0.5, 0.6) is 0 Å². The van der Waals surface area contributed by atoms with Crippen LogP contribution < -0.4 is 4.90 Å². The monoisotopic (exact) mass is 507 g/mol. The average molecular weight is 508 g/mol. The van der Waals surface area contributed by atoms with Crippen LogP contribution in [0.3, 0.4) is 0 Å². The minimum Gasteiger partial charge on any atom is -0.390 e. The number of pyridine rings is 1. The Balaban J connectivity index is 1.43. The fourth-order valence-electron chi connectivity index (χ4n) is 4.61. The summed E-state index contributed by atoms with van der Waals surface area (Å²) < 4.78 is 29.3. The molecule has 0 saturated carbocycles. The van der Waals surface area contributed by atoms with Crippen molar-refractivity contribution in [2.24, 2.45) is 0 Å². The zero-order chi connectivity index (χ0) is 26.2. The zero-order valence-corrected chi connectivity index (χ0v) is 21.3. The van der Waals surface area contributed by atoms with Crippen LogP contribution in [0, 0.1) is 11.6 Å². The number of fused-ring (bicyclic) bond motifs is 1. The largest absolute Gasteiger partial charge is 0.390 e. The predicted molar refractivity (Wildman–Crippen MR) is 138 cm³/mol. The predicted octanol–water partition coefficient (Wildman–Crippen LogP) is 3.82. The van der Waals surface area contributed by atoms with E-state index in [-0.39, 0.29) is 0 Å². The molecule has 194 valence electrons. The second-order valence-electron chi connectivity index (χ2n) is 10.1. The highest BCUT2D eigenvalue weighted by Crippen LogP contribution is 2.31. The van der Waals surface area contributed by atoms with Crippen molar-refractivity contribution in [1.82, 2.24) is 29.6 Å². The number of anilines is 1. The van der Waals surface area contributed by atoms with Crippen LogP contribution in [0.2, 0.25) is 0 Å². The van der Waals surface area contributed by atoms with Crippen LogP contribution in [0.15, 0.2) is 42.9 Å². The lowest BCUT2D eigenvalue weighted by molar-refractivity contribution is 0.0800. The van der Waals surface area contributed by atoms with Crippen LogP contribution >= 0.6 is 0 Å². The number of aliphatic hydroxyl groups is 1. The minimum atomic E-state index is -0.879. The first-order chi connectivity index (χ1) is 17.7. The molecule has 1 aliphatic heterocycles. The van der Waals surface area contributed by atoms with Crippen molar-refractivity contribution in [3.8, 4) is 11.3 Å². The number of rotatable bonds is 7. The summed E-state index contributed by atoms with van der Waals surface area (Å²) in [6.07, 6.45) is 5.88. The van der Waals surface area contributed by atoms with E-state index in [1.54, 1.807) is 26.2 Å². The lowest BCUT2D eigenvalue weighted by Gasteiger charge is -2.36. The number of hydrogen-bond acceptors (Lipinski definition) is 7. The Morgan fingerprint density at radius 2 is 1.78 bits per heavy atom. The third-order valence-electron chi connectivity index (χ3n) is 6.51. The second kappa shape index (κ2) is 10.1. The molecule has 0 aliphatic carbocycles. The van der Waals surface area contributed by atoms with Gasteiger partial charge >= 0.3 is 0 Å². The third-order valence-corrected chi connectivity index (χ3v) is 6.51. The summed E-state index contributed by atoms with van der Waals surface area (Å²) in [6.45, 7) is 9.47. The molecule has 10 heteroatoms. The quantitative estimate of drug-likeness (QED) is 0.407. The molecule has 0 radical (unpaired) electrons. The van der Waals surface area contributed by atoms with E-state index in [4.69, 9.17) is 9.97 Å². The molecule has 8 nitrogen and oxygen atoms in total. The zero-order valence-electron chi connectivity index (χ0n) is 21.3. The van der Waals surface area contributed by atoms with E-state index in [0.717, 1.165) is 35.4 Å². The van der Waals surface area contributed by atoms with Gasteiger partial charge in [-0.2, -0.15) is 5.10 Å². The number of halogens is 2. The standard InChI is InChI=1S/C27H31F2N7O/c1-4-36-17-19(14-31-36)25-26(33-24-15-30-21(12-23(24)32-25)13-27(2,3)37)35-9-7-34(8-10-35)16-18-5-6-20(28)11-22(18)29/h5-6,11-12,14-15,17,37H,4,7-10,13,16H2,1-3H3. The maximum absolute atomic E-state index is 14.2. The molecule has 0 amide bonds. The summed E-state index contributed by atoms with van der Waals surface area (Å²) >= 11 is 0. The van der Waals surface area contributed by atoms with Gasteiger partial charge in [0.25, 0.3) is 0 Å². The van der Waals surface area contributed by atoms with Crippen molar-refractivity contribution in [3.05, 3.63) is 65.7 Å². The molecule has 1 fully saturated rings. The molecule has 1 aliphatic rings. The Morgan fingerprint density at radius 3 is 2.46 bits per heavy atom. The van der Waals surface area contributed by atoms with Crippen LogP contribution in [0.25, 0.3) is 22.3 Å². The van der Waals surface area contributed by atoms with Crippen LogP contribution in [-0.2, 0) is 19.5 Å². The molecule has 1 saturated heterocycles. The summed E-state index contributed by atoms with van der Waals surface area (Å²) in [4.78, 5) is 18.8. The van der Waals surface area contributed by atoms with Gasteiger partial charge in [-0.1, -0.05) is 6.07 Å². The molecule has 1 aromatic carbocycles. The van der Waals surface area contributed by atoms with Gasteiger partial charge in [0.15, 0.2) is 5.82 Å². The maximum atomic E-state index is 14.2. The Morgan fingerprint density at radius 1 is 1.00 bits per heavy atom.